The van der Waals surface area contributed by atoms with E-state index in [1.165, 1.54) is 28.3 Å². The number of furan rings is 1. The number of carbonyl (C=O) groups is 1. The van der Waals surface area contributed by atoms with Gasteiger partial charge >= 0.3 is 0 Å². The topological polar surface area (TPSA) is 94.1 Å². The van der Waals surface area contributed by atoms with Crippen LogP contribution in [0.5, 0.6) is 0 Å². The molecule has 0 saturated heterocycles. The highest BCUT2D eigenvalue weighted by Crippen LogP contribution is 2.32. The number of amides is 1. The van der Waals surface area contributed by atoms with Gasteiger partial charge in [0.1, 0.15) is 5.01 Å². The Morgan fingerprint density at radius 3 is 2.75 bits per heavy atom. The van der Waals surface area contributed by atoms with Crippen LogP contribution in [0.1, 0.15) is 12.5 Å². The molecule has 0 fully saturated rings. The van der Waals surface area contributed by atoms with Gasteiger partial charge in [-0.2, -0.15) is 0 Å². The van der Waals surface area contributed by atoms with Gasteiger partial charge in [0.05, 0.1) is 21.7 Å². The third-order valence-electron chi connectivity index (χ3n) is 4.73. The molecule has 0 saturated carbocycles. The number of aromatic nitrogens is 3. The van der Waals surface area contributed by atoms with Crippen molar-refractivity contribution < 1.29 is 13.6 Å². The first kappa shape index (κ1) is 20.5. The minimum atomic E-state index is -0.424. The average molecular weight is 463 g/mol. The lowest BCUT2D eigenvalue weighted by Gasteiger charge is -2.10. The predicted molar refractivity (Wildman–Crippen MR) is 126 cm³/mol. The molecule has 5 rings (SSSR count). The summed E-state index contributed by atoms with van der Waals surface area (Å²) in [5.74, 6) is 0.617. The lowest BCUT2D eigenvalue weighted by atomic mass is 10.2. The van der Waals surface area contributed by atoms with Crippen LogP contribution in [0.15, 0.2) is 74.9 Å². The van der Waals surface area contributed by atoms with E-state index in [0.717, 1.165) is 16.1 Å². The third-order valence-corrected chi connectivity index (χ3v) is 6.73. The lowest BCUT2D eigenvalue weighted by Crippen LogP contribution is -2.22. The van der Waals surface area contributed by atoms with Gasteiger partial charge in [0.2, 0.25) is 5.91 Å². The van der Waals surface area contributed by atoms with Crippen LogP contribution in [-0.2, 0) is 4.79 Å². The maximum atomic E-state index is 12.6. The molecule has 0 bridgehead atoms. The number of hydrogen-bond donors (Lipinski definition) is 1. The van der Waals surface area contributed by atoms with Crippen molar-refractivity contribution in [2.24, 2.45) is 0 Å². The van der Waals surface area contributed by atoms with E-state index in [2.05, 4.69) is 34.6 Å². The van der Waals surface area contributed by atoms with Crippen molar-refractivity contribution in [3.63, 3.8) is 0 Å². The Balaban J connectivity index is 1.23. The molecule has 2 aromatic carbocycles. The average Bonchev–Trinajstić information content (AvgIpc) is 3.54. The van der Waals surface area contributed by atoms with E-state index in [9.17, 15) is 4.79 Å². The molecule has 0 aliphatic carbocycles. The normalized spacial score (nSPS) is 12.2. The molecule has 1 amide bonds. The van der Waals surface area contributed by atoms with Crippen LogP contribution < -0.4 is 5.32 Å². The second kappa shape index (κ2) is 8.60. The molecule has 9 heteroatoms. The van der Waals surface area contributed by atoms with E-state index in [-0.39, 0.29) is 11.8 Å². The first-order valence-electron chi connectivity index (χ1n) is 9.88. The molecule has 3 heterocycles. The number of nitrogens with zero attached hydrogens (tertiary/aromatic N) is 3. The number of hydrogen-bond acceptors (Lipinski definition) is 8. The molecule has 1 N–H and O–H groups in total. The first-order chi connectivity index (χ1) is 15.5. The Morgan fingerprint density at radius 2 is 1.97 bits per heavy atom. The van der Waals surface area contributed by atoms with Gasteiger partial charge < -0.3 is 14.2 Å². The quantitative estimate of drug-likeness (QED) is 0.308. The molecule has 0 aliphatic heterocycles. The molecule has 0 aliphatic rings. The summed E-state index contributed by atoms with van der Waals surface area (Å²) in [4.78, 5) is 17.3. The fourth-order valence-corrected chi connectivity index (χ4v) is 4.81. The number of carbonyl (C=O) groups excluding carboxylic acids is 1. The third kappa shape index (κ3) is 4.30. The van der Waals surface area contributed by atoms with E-state index >= 15 is 0 Å². The number of aryl methyl sites for hydroxylation is 1. The Bertz CT molecular complexity index is 1370. The Labute approximate surface area is 191 Å². The fourth-order valence-electron chi connectivity index (χ4n) is 3.06. The zero-order valence-electron chi connectivity index (χ0n) is 17.2. The van der Waals surface area contributed by atoms with E-state index in [1.54, 1.807) is 30.4 Å². The molecule has 1 atom stereocenters. The van der Waals surface area contributed by atoms with E-state index in [4.69, 9.17) is 13.8 Å². The first-order valence-corrected chi connectivity index (χ1v) is 11.6. The van der Waals surface area contributed by atoms with Crippen molar-refractivity contribution in [2.75, 3.05) is 5.32 Å². The lowest BCUT2D eigenvalue weighted by molar-refractivity contribution is -0.115. The summed E-state index contributed by atoms with van der Waals surface area (Å²) in [6.07, 6.45) is 1.53. The summed E-state index contributed by atoms with van der Waals surface area (Å²) in [5.41, 5.74) is 3.94. The van der Waals surface area contributed by atoms with Gasteiger partial charge in [-0.05, 0) is 67.9 Å². The molecule has 32 heavy (non-hydrogen) atoms. The van der Waals surface area contributed by atoms with Crippen LogP contribution in [-0.4, -0.2) is 26.3 Å². The molecule has 0 spiro atoms. The van der Waals surface area contributed by atoms with E-state index < -0.39 is 5.25 Å². The summed E-state index contributed by atoms with van der Waals surface area (Å²) in [7, 11) is 0. The molecule has 160 valence electrons. The predicted octanol–water partition coefficient (Wildman–Crippen LogP) is 6.03. The Hall–Kier alpha value is -3.43. The van der Waals surface area contributed by atoms with Crippen LogP contribution in [0.2, 0.25) is 0 Å². The summed E-state index contributed by atoms with van der Waals surface area (Å²) in [6, 6.07) is 17.4. The summed E-state index contributed by atoms with van der Waals surface area (Å²) in [5, 5.41) is 11.7. The van der Waals surface area contributed by atoms with Crippen LogP contribution in [0.3, 0.4) is 0 Å². The van der Waals surface area contributed by atoms with Crippen LogP contribution in [0, 0.1) is 6.92 Å². The molecular formula is C23H18N4O3S2. The van der Waals surface area contributed by atoms with Crippen molar-refractivity contribution in [3.8, 4) is 22.2 Å². The molecule has 3 aromatic heterocycles. The van der Waals surface area contributed by atoms with Gasteiger partial charge in [-0.25, -0.2) is 4.98 Å². The van der Waals surface area contributed by atoms with Gasteiger partial charge in [-0.3, -0.25) is 4.79 Å². The molecular weight excluding hydrogens is 444 g/mol. The number of thioether (sulfide) groups is 1. The molecule has 0 radical (unpaired) electrons. The zero-order chi connectivity index (χ0) is 22.1. The number of anilines is 1. The standard InChI is InChI=1S/C23H18N4O3S2/c1-13-5-10-17-19(12-13)32-22(25-17)15-6-8-16(9-7-15)24-20(28)14(2)31-23-27-26-21(30-23)18-4-3-11-29-18/h3-12,14H,1-2H3,(H,24,28)/t14-/m1/s1. The Kier molecular flexibility index (Phi) is 5.50. The van der Waals surface area contributed by atoms with Crippen molar-refractivity contribution in [1.29, 1.82) is 0 Å². The van der Waals surface area contributed by atoms with Crippen molar-refractivity contribution in [3.05, 3.63) is 66.4 Å². The van der Waals surface area contributed by atoms with Crippen LogP contribution in [0.25, 0.3) is 32.4 Å². The van der Waals surface area contributed by atoms with Gasteiger partial charge in [0.15, 0.2) is 5.76 Å². The molecule has 7 nitrogen and oxygen atoms in total. The summed E-state index contributed by atoms with van der Waals surface area (Å²) < 4.78 is 12.0. The van der Waals surface area contributed by atoms with Gasteiger partial charge in [-0.1, -0.05) is 17.8 Å². The van der Waals surface area contributed by atoms with Crippen molar-refractivity contribution in [2.45, 2.75) is 24.3 Å². The van der Waals surface area contributed by atoms with E-state index in [1.807, 2.05) is 30.3 Å². The summed E-state index contributed by atoms with van der Waals surface area (Å²) >= 11 is 2.85. The van der Waals surface area contributed by atoms with Crippen LogP contribution in [0.4, 0.5) is 5.69 Å². The second-order valence-electron chi connectivity index (χ2n) is 7.17. The van der Waals surface area contributed by atoms with E-state index in [0.29, 0.717) is 16.7 Å². The highest BCUT2D eigenvalue weighted by Gasteiger charge is 2.19. The second-order valence-corrected chi connectivity index (χ2v) is 9.49. The van der Waals surface area contributed by atoms with Gasteiger partial charge in [0, 0.05) is 11.3 Å². The number of fused-ring (bicyclic) bond motifs is 1. The highest BCUT2D eigenvalue weighted by atomic mass is 32.2. The maximum Gasteiger partial charge on any atom is 0.284 e. The highest BCUT2D eigenvalue weighted by molar-refractivity contribution is 8.00. The van der Waals surface area contributed by atoms with Gasteiger partial charge in [-0.15, -0.1) is 21.5 Å². The SMILES string of the molecule is Cc1ccc2nc(-c3ccc(NC(=O)[C@@H](C)Sc4nnc(-c5ccco5)o4)cc3)sc2c1. The number of nitrogens with one attached hydrogen (secondary N) is 1. The van der Waals surface area contributed by atoms with Crippen molar-refractivity contribution >= 4 is 44.9 Å². The largest absolute Gasteiger partial charge is 0.459 e. The molecule has 5 aromatic rings. The van der Waals surface area contributed by atoms with Gasteiger partial charge in [0.25, 0.3) is 11.1 Å². The smallest absolute Gasteiger partial charge is 0.284 e. The minimum Gasteiger partial charge on any atom is -0.459 e. The Morgan fingerprint density at radius 1 is 1.12 bits per heavy atom. The monoisotopic (exact) mass is 462 g/mol. The number of thiazole rings is 1. The summed E-state index contributed by atoms with van der Waals surface area (Å²) in [6.45, 7) is 3.86. The number of benzene rings is 2. The zero-order valence-corrected chi connectivity index (χ0v) is 18.9. The van der Waals surface area contributed by atoms with Crippen LogP contribution >= 0.6 is 23.1 Å². The minimum absolute atomic E-state index is 0.157. The van der Waals surface area contributed by atoms with Crippen molar-refractivity contribution in [1.82, 2.24) is 15.2 Å². The molecule has 0 unspecified atom stereocenters. The maximum absolute atomic E-state index is 12.6. The number of rotatable bonds is 6. The fraction of sp³-hybridized carbons (Fsp3) is 0.130.